The molecule has 1 aliphatic heterocycles. The minimum absolute atomic E-state index is 0. The van der Waals surface area contributed by atoms with E-state index in [0.29, 0.717) is 12.1 Å². The number of nitrogens with zero attached hydrogens (tertiary/aromatic N) is 1. The van der Waals surface area contributed by atoms with Gasteiger partial charge in [-0.3, -0.25) is 0 Å². The van der Waals surface area contributed by atoms with Crippen LogP contribution in [-0.4, -0.2) is 31.6 Å². The third kappa shape index (κ3) is 4.87. The van der Waals surface area contributed by atoms with Crippen molar-refractivity contribution in [3.63, 3.8) is 0 Å². The van der Waals surface area contributed by atoms with Crippen LogP contribution in [0, 0.1) is 5.41 Å². The van der Waals surface area contributed by atoms with Crippen LogP contribution in [-0.2, 0) is 12.7 Å². The van der Waals surface area contributed by atoms with Crippen LogP contribution in [0.1, 0.15) is 24.5 Å². The summed E-state index contributed by atoms with van der Waals surface area (Å²) in [6.07, 6.45) is -3.21. The van der Waals surface area contributed by atoms with Gasteiger partial charge in [0.1, 0.15) is 0 Å². The van der Waals surface area contributed by atoms with Gasteiger partial charge in [0.25, 0.3) is 0 Å². The molecule has 2 nitrogen and oxygen atoms in total. The van der Waals surface area contributed by atoms with E-state index in [-0.39, 0.29) is 17.8 Å². The van der Waals surface area contributed by atoms with Gasteiger partial charge >= 0.3 is 6.18 Å². The summed E-state index contributed by atoms with van der Waals surface area (Å²) in [6, 6.07) is 5.82. The summed E-state index contributed by atoms with van der Waals surface area (Å²) in [4.78, 5) is 1.98. The lowest BCUT2D eigenvalue weighted by atomic mass is 9.89. The quantitative estimate of drug-likeness (QED) is 0.912. The van der Waals surface area contributed by atoms with Crippen LogP contribution < -0.4 is 5.32 Å². The summed E-state index contributed by atoms with van der Waals surface area (Å²) in [5.41, 5.74) is -0.0272. The first kappa shape index (κ1) is 18.3. The smallest absolute Gasteiger partial charge is 0.316 e. The minimum atomic E-state index is -4.28. The summed E-state index contributed by atoms with van der Waals surface area (Å²) in [6.45, 7) is 5.22. The molecule has 1 aromatic rings. The maximum absolute atomic E-state index is 13.0. The van der Waals surface area contributed by atoms with Gasteiger partial charge in [-0.15, -0.1) is 12.4 Å². The second kappa shape index (κ2) is 6.99. The Morgan fingerprint density at radius 2 is 1.95 bits per heavy atom. The van der Waals surface area contributed by atoms with E-state index in [1.165, 1.54) is 6.07 Å². The Balaban J connectivity index is 0.00000220. The van der Waals surface area contributed by atoms with Crippen molar-refractivity contribution < 1.29 is 13.2 Å². The molecule has 1 fully saturated rings. The van der Waals surface area contributed by atoms with E-state index in [1.54, 1.807) is 12.1 Å². The molecule has 1 heterocycles. The predicted molar refractivity (Wildman–Crippen MR) is 80.6 cm³/mol. The normalized spacial score (nSPS) is 22.4. The Hall–Kier alpha value is -0.780. The molecular formula is C15H22ClF3N2. The summed E-state index contributed by atoms with van der Waals surface area (Å²) in [5.74, 6) is 0. The largest absolute Gasteiger partial charge is 0.416 e. The lowest BCUT2D eigenvalue weighted by molar-refractivity contribution is -0.138. The Bertz CT molecular complexity index is 456. The molecule has 0 aromatic heterocycles. The zero-order valence-corrected chi connectivity index (χ0v) is 13.2. The fourth-order valence-electron chi connectivity index (χ4n) is 2.94. The first-order chi connectivity index (χ1) is 9.30. The van der Waals surface area contributed by atoms with E-state index in [9.17, 15) is 13.2 Å². The highest BCUT2D eigenvalue weighted by Gasteiger charge is 2.34. The molecule has 6 heteroatoms. The Kier molecular flexibility index (Phi) is 6.08. The first-order valence-electron chi connectivity index (χ1n) is 6.85. The SMILES string of the molecule is CN(Cc1ccccc1C(F)(F)F)CC1(C)CCNC1.Cl. The lowest BCUT2D eigenvalue weighted by Gasteiger charge is -2.29. The molecule has 1 N–H and O–H groups in total. The standard InChI is InChI=1S/C15H21F3N2.ClH/c1-14(7-8-19-10-14)11-20(2)9-12-5-3-4-6-13(12)15(16,17)18;/h3-6,19H,7-11H2,1-2H3;1H. The summed E-state index contributed by atoms with van der Waals surface area (Å²) < 4.78 is 38.9. The van der Waals surface area contributed by atoms with Crippen LogP contribution in [0.5, 0.6) is 0 Å². The molecule has 1 aromatic carbocycles. The lowest BCUT2D eigenvalue weighted by Crippen LogP contribution is -2.35. The van der Waals surface area contributed by atoms with Gasteiger partial charge in [0.15, 0.2) is 0 Å². The molecule has 0 bridgehead atoms. The van der Waals surface area contributed by atoms with E-state index in [2.05, 4.69) is 12.2 Å². The molecule has 1 atom stereocenters. The van der Waals surface area contributed by atoms with Crippen LogP contribution in [0.3, 0.4) is 0 Å². The molecule has 0 aliphatic carbocycles. The highest BCUT2D eigenvalue weighted by Crippen LogP contribution is 2.33. The number of halogens is 4. The van der Waals surface area contributed by atoms with Crippen molar-refractivity contribution in [2.45, 2.75) is 26.1 Å². The Labute approximate surface area is 130 Å². The number of nitrogens with one attached hydrogen (secondary N) is 1. The topological polar surface area (TPSA) is 15.3 Å². The minimum Gasteiger partial charge on any atom is -0.316 e. The van der Waals surface area contributed by atoms with Gasteiger partial charge in [-0.2, -0.15) is 13.2 Å². The van der Waals surface area contributed by atoms with Crippen molar-refractivity contribution in [1.82, 2.24) is 10.2 Å². The second-order valence-corrected chi connectivity index (χ2v) is 6.06. The number of alkyl halides is 3. The van der Waals surface area contributed by atoms with Gasteiger partial charge in [0.2, 0.25) is 0 Å². The fourth-order valence-corrected chi connectivity index (χ4v) is 2.94. The van der Waals surface area contributed by atoms with Crippen molar-refractivity contribution >= 4 is 12.4 Å². The van der Waals surface area contributed by atoms with E-state index in [4.69, 9.17) is 0 Å². The second-order valence-electron chi connectivity index (χ2n) is 6.06. The van der Waals surface area contributed by atoms with Crippen molar-refractivity contribution in [3.05, 3.63) is 35.4 Å². The molecule has 1 aliphatic rings. The van der Waals surface area contributed by atoms with E-state index in [1.807, 2.05) is 11.9 Å². The van der Waals surface area contributed by atoms with E-state index < -0.39 is 11.7 Å². The number of benzene rings is 1. The molecule has 21 heavy (non-hydrogen) atoms. The molecule has 0 spiro atoms. The van der Waals surface area contributed by atoms with Crippen LogP contribution in [0.4, 0.5) is 13.2 Å². The molecule has 1 unspecified atom stereocenters. The first-order valence-corrected chi connectivity index (χ1v) is 6.85. The van der Waals surface area contributed by atoms with Crippen molar-refractivity contribution in [2.75, 3.05) is 26.7 Å². The molecule has 1 saturated heterocycles. The average Bonchev–Trinajstić information content (AvgIpc) is 2.74. The third-order valence-electron chi connectivity index (χ3n) is 3.87. The summed E-state index contributed by atoms with van der Waals surface area (Å²) >= 11 is 0. The molecule has 2 rings (SSSR count). The monoisotopic (exact) mass is 322 g/mol. The number of hydrogen-bond donors (Lipinski definition) is 1. The molecule has 0 amide bonds. The van der Waals surface area contributed by atoms with Crippen LogP contribution >= 0.6 is 12.4 Å². The Morgan fingerprint density at radius 1 is 1.29 bits per heavy atom. The highest BCUT2D eigenvalue weighted by molar-refractivity contribution is 5.85. The molecule has 120 valence electrons. The highest BCUT2D eigenvalue weighted by atomic mass is 35.5. The van der Waals surface area contributed by atoms with Gasteiger partial charge < -0.3 is 10.2 Å². The van der Waals surface area contributed by atoms with Crippen molar-refractivity contribution in [3.8, 4) is 0 Å². The average molecular weight is 323 g/mol. The van der Waals surface area contributed by atoms with Gasteiger partial charge in [0.05, 0.1) is 5.56 Å². The van der Waals surface area contributed by atoms with Gasteiger partial charge in [-0.25, -0.2) is 0 Å². The maximum atomic E-state index is 13.0. The molecular weight excluding hydrogens is 301 g/mol. The van der Waals surface area contributed by atoms with Crippen molar-refractivity contribution in [2.24, 2.45) is 5.41 Å². The van der Waals surface area contributed by atoms with Crippen molar-refractivity contribution in [1.29, 1.82) is 0 Å². The fraction of sp³-hybridized carbons (Fsp3) is 0.600. The van der Waals surface area contributed by atoms with Crippen LogP contribution in [0.2, 0.25) is 0 Å². The number of hydrogen-bond acceptors (Lipinski definition) is 2. The van der Waals surface area contributed by atoms with E-state index in [0.717, 1.165) is 32.1 Å². The summed E-state index contributed by atoms with van der Waals surface area (Å²) in [7, 11) is 1.89. The Morgan fingerprint density at radius 3 is 2.52 bits per heavy atom. The van der Waals surface area contributed by atoms with Gasteiger partial charge in [-0.1, -0.05) is 25.1 Å². The predicted octanol–water partition coefficient (Wildman–Crippen LogP) is 3.56. The maximum Gasteiger partial charge on any atom is 0.416 e. The van der Waals surface area contributed by atoms with Crippen LogP contribution in [0.15, 0.2) is 24.3 Å². The molecule has 0 radical (unpaired) electrons. The zero-order valence-electron chi connectivity index (χ0n) is 12.3. The zero-order chi connectivity index (χ0) is 14.8. The number of rotatable bonds is 4. The third-order valence-corrected chi connectivity index (χ3v) is 3.87. The van der Waals surface area contributed by atoms with Gasteiger partial charge in [-0.05, 0) is 37.1 Å². The van der Waals surface area contributed by atoms with Crippen LogP contribution in [0.25, 0.3) is 0 Å². The summed E-state index contributed by atoms with van der Waals surface area (Å²) in [5, 5.41) is 3.31. The van der Waals surface area contributed by atoms with Gasteiger partial charge in [0, 0.05) is 19.6 Å². The van der Waals surface area contributed by atoms with E-state index >= 15 is 0 Å². The molecule has 0 saturated carbocycles.